The molecule has 0 aliphatic carbocycles. The molecule has 0 N–H and O–H groups in total. The number of rotatable bonds is 5. The third-order valence-corrected chi connectivity index (χ3v) is 4.47. The van der Waals surface area contributed by atoms with Crippen LogP contribution in [0.1, 0.15) is 10.4 Å². The summed E-state index contributed by atoms with van der Waals surface area (Å²) in [6.45, 7) is 2.94. The number of allylic oxidation sites excluding steroid dienone is 1. The number of anilines is 1. The van der Waals surface area contributed by atoms with Crippen molar-refractivity contribution in [1.82, 2.24) is 14.8 Å². The normalized spacial score (nSPS) is 15.2. The summed E-state index contributed by atoms with van der Waals surface area (Å²) in [7, 11) is 1.89. The van der Waals surface area contributed by atoms with Gasteiger partial charge in [0.2, 0.25) is 5.95 Å². The molecule has 1 fully saturated rings. The first-order valence-electron chi connectivity index (χ1n) is 7.50. The Morgan fingerprint density at radius 1 is 1.25 bits per heavy atom. The molecule has 126 valence electrons. The maximum atomic E-state index is 12.9. The molecule has 0 spiro atoms. The molecule has 6 nitrogen and oxygen atoms in total. The van der Waals surface area contributed by atoms with Crippen LogP contribution in [0.25, 0.3) is 0 Å². The van der Waals surface area contributed by atoms with E-state index in [1.807, 2.05) is 11.6 Å². The van der Waals surface area contributed by atoms with Crippen molar-refractivity contribution < 1.29 is 13.9 Å². The van der Waals surface area contributed by atoms with Gasteiger partial charge in [0.1, 0.15) is 5.82 Å². The van der Waals surface area contributed by atoms with Crippen LogP contribution in [0.4, 0.5) is 10.3 Å². The van der Waals surface area contributed by atoms with Crippen molar-refractivity contribution in [2.24, 2.45) is 7.05 Å². The van der Waals surface area contributed by atoms with E-state index in [9.17, 15) is 9.18 Å². The SMILES string of the molecule is Cn1c(S/C=C/C(=O)c2ccc(F)cc2)nnc1N1CCOCC1. The summed E-state index contributed by atoms with van der Waals surface area (Å²) in [5.74, 6) is 0.247. The van der Waals surface area contributed by atoms with Crippen LogP contribution in [0.2, 0.25) is 0 Å². The molecule has 2 heterocycles. The van der Waals surface area contributed by atoms with E-state index >= 15 is 0 Å². The van der Waals surface area contributed by atoms with Gasteiger partial charge in [-0.05, 0) is 35.7 Å². The quantitative estimate of drug-likeness (QED) is 0.469. The molecule has 1 saturated heterocycles. The van der Waals surface area contributed by atoms with Gasteiger partial charge in [0.15, 0.2) is 10.9 Å². The minimum atomic E-state index is -0.361. The van der Waals surface area contributed by atoms with Crippen LogP contribution in [0.15, 0.2) is 40.9 Å². The van der Waals surface area contributed by atoms with Crippen LogP contribution in [-0.2, 0) is 11.8 Å². The zero-order valence-electron chi connectivity index (χ0n) is 13.2. The van der Waals surface area contributed by atoms with E-state index < -0.39 is 0 Å². The Morgan fingerprint density at radius 3 is 2.67 bits per heavy atom. The van der Waals surface area contributed by atoms with Gasteiger partial charge in [-0.1, -0.05) is 11.8 Å². The number of hydrogen-bond acceptors (Lipinski definition) is 6. The Kier molecular flexibility index (Phi) is 5.27. The van der Waals surface area contributed by atoms with E-state index in [1.165, 1.54) is 42.1 Å². The van der Waals surface area contributed by atoms with Gasteiger partial charge in [0.05, 0.1) is 13.2 Å². The first-order chi connectivity index (χ1) is 11.6. The fourth-order valence-corrected chi connectivity index (χ4v) is 2.96. The van der Waals surface area contributed by atoms with Crippen molar-refractivity contribution in [3.05, 3.63) is 47.1 Å². The van der Waals surface area contributed by atoms with Crippen molar-refractivity contribution in [2.45, 2.75) is 5.16 Å². The van der Waals surface area contributed by atoms with E-state index in [2.05, 4.69) is 15.1 Å². The molecule has 0 radical (unpaired) electrons. The third kappa shape index (κ3) is 3.82. The van der Waals surface area contributed by atoms with Crippen LogP contribution in [-0.4, -0.2) is 46.9 Å². The molecule has 8 heteroatoms. The first kappa shape index (κ1) is 16.7. The number of nitrogens with zero attached hydrogens (tertiary/aromatic N) is 4. The topological polar surface area (TPSA) is 60.2 Å². The van der Waals surface area contributed by atoms with E-state index in [1.54, 1.807) is 5.41 Å². The maximum absolute atomic E-state index is 12.9. The lowest BCUT2D eigenvalue weighted by Gasteiger charge is -2.27. The van der Waals surface area contributed by atoms with Crippen molar-refractivity contribution >= 4 is 23.5 Å². The summed E-state index contributed by atoms with van der Waals surface area (Å²) in [4.78, 5) is 14.1. The fourth-order valence-electron chi connectivity index (χ4n) is 2.32. The van der Waals surface area contributed by atoms with Crippen molar-refractivity contribution in [2.75, 3.05) is 31.2 Å². The summed E-state index contributed by atoms with van der Waals surface area (Å²) in [5.41, 5.74) is 0.445. The number of ketones is 1. The number of halogens is 1. The maximum Gasteiger partial charge on any atom is 0.227 e. The van der Waals surface area contributed by atoms with Gasteiger partial charge in [-0.25, -0.2) is 4.39 Å². The molecular formula is C16H17FN4O2S. The van der Waals surface area contributed by atoms with Crippen LogP contribution in [0.3, 0.4) is 0 Å². The molecule has 0 bridgehead atoms. The predicted molar refractivity (Wildman–Crippen MR) is 89.8 cm³/mol. The molecule has 3 rings (SSSR count). The summed E-state index contributed by atoms with van der Waals surface area (Å²) >= 11 is 1.31. The lowest BCUT2D eigenvalue weighted by atomic mass is 10.1. The number of hydrogen-bond donors (Lipinski definition) is 0. The average Bonchev–Trinajstić information content (AvgIpc) is 2.97. The Labute approximate surface area is 143 Å². The molecule has 1 aromatic carbocycles. The highest BCUT2D eigenvalue weighted by Gasteiger charge is 2.18. The van der Waals surface area contributed by atoms with Crippen LogP contribution >= 0.6 is 11.8 Å². The van der Waals surface area contributed by atoms with Gasteiger partial charge in [-0.2, -0.15) is 0 Å². The zero-order valence-corrected chi connectivity index (χ0v) is 14.0. The van der Waals surface area contributed by atoms with Gasteiger partial charge in [0, 0.05) is 25.7 Å². The van der Waals surface area contributed by atoms with Gasteiger partial charge >= 0.3 is 0 Å². The number of morpholine rings is 1. The highest BCUT2D eigenvalue weighted by atomic mass is 32.2. The first-order valence-corrected chi connectivity index (χ1v) is 8.38. The molecule has 1 aliphatic heterocycles. The smallest absolute Gasteiger partial charge is 0.227 e. The molecule has 24 heavy (non-hydrogen) atoms. The number of thioether (sulfide) groups is 1. The van der Waals surface area contributed by atoms with E-state index in [0.29, 0.717) is 23.9 Å². The molecule has 0 amide bonds. The largest absolute Gasteiger partial charge is 0.378 e. The number of carbonyl (C=O) groups excluding carboxylic acids is 1. The standard InChI is InChI=1S/C16H17FN4O2S/c1-20-15(21-7-9-23-10-8-21)18-19-16(20)24-11-6-14(22)12-2-4-13(17)5-3-12/h2-6,11H,7-10H2,1H3/b11-6+. The molecule has 1 aromatic heterocycles. The number of carbonyl (C=O) groups is 1. The van der Waals surface area contributed by atoms with Crippen LogP contribution < -0.4 is 4.90 Å². The Hall–Kier alpha value is -2.19. The zero-order chi connectivity index (χ0) is 16.9. The summed E-state index contributed by atoms with van der Waals surface area (Å²) in [6.07, 6.45) is 1.45. The van der Waals surface area contributed by atoms with Crippen molar-refractivity contribution in [3.8, 4) is 0 Å². The molecule has 1 aliphatic rings. The number of ether oxygens (including phenoxy) is 1. The summed E-state index contributed by atoms with van der Waals surface area (Å²) < 4.78 is 20.1. The van der Waals surface area contributed by atoms with E-state index in [-0.39, 0.29) is 11.6 Å². The van der Waals surface area contributed by atoms with Crippen LogP contribution in [0, 0.1) is 5.82 Å². The van der Waals surface area contributed by atoms with E-state index in [0.717, 1.165) is 19.0 Å². The minimum absolute atomic E-state index is 0.182. The second kappa shape index (κ2) is 7.59. The van der Waals surface area contributed by atoms with Crippen LogP contribution in [0.5, 0.6) is 0 Å². The van der Waals surface area contributed by atoms with Gasteiger partial charge < -0.3 is 9.64 Å². The van der Waals surface area contributed by atoms with Gasteiger partial charge in [0.25, 0.3) is 0 Å². The highest BCUT2D eigenvalue weighted by Crippen LogP contribution is 2.22. The Balaban J connectivity index is 1.63. The second-order valence-electron chi connectivity index (χ2n) is 5.23. The third-order valence-electron chi connectivity index (χ3n) is 3.63. The molecule has 0 unspecified atom stereocenters. The predicted octanol–water partition coefficient (Wildman–Crippen LogP) is 2.28. The summed E-state index contributed by atoms with van der Waals surface area (Å²) in [5, 5.41) is 10.7. The Bertz CT molecular complexity index is 739. The van der Waals surface area contributed by atoms with E-state index in [4.69, 9.17) is 4.74 Å². The monoisotopic (exact) mass is 348 g/mol. The minimum Gasteiger partial charge on any atom is -0.378 e. The summed E-state index contributed by atoms with van der Waals surface area (Å²) in [6, 6.07) is 5.47. The van der Waals surface area contributed by atoms with Crippen molar-refractivity contribution in [3.63, 3.8) is 0 Å². The van der Waals surface area contributed by atoms with Crippen molar-refractivity contribution in [1.29, 1.82) is 0 Å². The fraction of sp³-hybridized carbons (Fsp3) is 0.312. The van der Waals surface area contributed by atoms with Gasteiger partial charge in [-0.15, -0.1) is 10.2 Å². The molecule has 0 saturated carbocycles. The Morgan fingerprint density at radius 2 is 1.96 bits per heavy atom. The average molecular weight is 348 g/mol. The lowest BCUT2D eigenvalue weighted by molar-refractivity contribution is 0.104. The molecule has 0 atom stereocenters. The number of aromatic nitrogens is 3. The molecule has 2 aromatic rings. The molecular weight excluding hydrogens is 331 g/mol. The second-order valence-corrected chi connectivity index (χ2v) is 6.11. The van der Waals surface area contributed by atoms with Gasteiger partial charge in [-0.3, -0.25) is 9.36 Å². The lowest BCUT2D eigenvalue weighted by Crippen LogP contribution is -2.37. The highest BCUT2D eigenvalue weighted by molar-refractivity contribution is 8.02. The number of benzene rings is 1.